The van der Waals surface area contributed by atoms with Crippen molar-refractivity contribution in [1.29, 1.82) is 0 Å². The molecule has 0 fully saturated rings. The molecule has 1 aromatic heterocycles. The van der Waals surface area contributed by atoms with Crippen molar-refractivity contribution >= 4 is 21.6 Å². The number of anilines is 1. The van der Waals surface area contributed by atoms with Crippen LogP contribution in [-0.4, -0.2) is 43.6 Å². The minimum Gasteiger partial charge on any atom is -0.395 e. The van der Waals surface area contributed by atoms with Crippen LogP contribution in [-0.2, 0) is 21.4 Å². The van der Waals surface area contributed by atoms with Gasteiger partial charge in [-0.3, -0.25) is 9.59 Å². The summed E-state index contributed by atoms with van der Waals surface area (Å²) >= 11 is 0. The van der Waals surface area contributed by atoms with Gasteiger partial charge in [-0.25, -0.2) is 12.7 Å². The van der Waals surface area contributed by atoms with Crippen molar-refractivity contribution in [3.8, 4) is 11.5 Å². The molecule has 28 heavy (non-hydrogen) atoms. The predicted octanol–water partition coefficient (Wildman–Crippen LogP) is 1.06. The monoisotopic (exact) mass is 415 g/mol. The largest absolute Gasteiger partial charge is 0.586 e. The number of rotatable bonds is 5. The number of halogens is 2. The maximum atomic E-state index is 13.0. The molecule has 0 atom stereocenters. The van der Waals surface area contributed by atoms with E-state index in [0.29, 0.717) is 0 Å². The molecular weight excluding hydrogens is 400 g/mol. The smallest absolute Gasteiger partial charge is 0.395 e. The highest BCUT2D eigenvalue weighted by Crippen LogP contribution is 2.42. The lowest BCUT2D eigenvalue weighted by Gasteiger charge is -2.13. The minimum absolute atomic E-state index is 0.134. The van der Waals surface area contributed by atoms with Gasteiger partial charge in [0.2, 0.25) is 15.9 Å². The number of ether oxygens (including phenoxy) is 2. The number of nitrogens with zero attached hydrogens (tertiary/aromatic N) is 2. The Hall–Kier alpha value is -2.99. The summed E-state index contributed by atoms with van der Waals surface area (Å²) < 4.78 is 60.8. The lowest BCUT2D eigenvalue weighted by Crippen LogP contribution is -2.29. The second-order valence-corrected chi connectivity index (χ2v) is 8.15. The van der Waals surface area contributed by atoms with E-state index in [9.17, 15) is 26.8 Å². The van der Waals surface area contributed by atoms with Crippen molar-refractivity contribution in [3.05, 3.63) is 46.9 Å². The molecule has 2 heterocycles. The highest BCUT2D eigenvalue weighted by atomic mass is 32.2. The molecule has 0 radical (unpaired) electrons. The number of amides is 1. The average Bonchev–Trinajstić information content (AvgIpc) is 2.89. The molecule has 0 bridgehead atoms. The Balaban J connectivity index is 1.77. The van der Waals surface area contributed by atoms with Crippen molar-refractivity contribution in [2.45, 2.75) is 17.7 Å². The Morgan fingerprint density at radius 1 is 1.18 bits per heavy atom. The van der Waals surface area contributed by atoms with E-state index in [1.54, 1.807) is 0 Å². The molecule has 2 aromatic rings. The second kappa shape index (κ2) is 6.87. The Bertz CT molecular complexity index is 1100. The zero-order chi connectivity index (χ0) is 20.7. The number of nitrogens with one attached hydrogen (secondary N) is 1. The van der Waals surface area contributed by atoms with Crippen LogP contribution in [0, 0.1) is 0 Å². The van der Waals surface area contributed by atoms with Crippen LogP contribution in [0.5, 0.6) is 11.5 Å². The van der Waals surface area contributed by atoms with Crippen LogP contribution in [0.15, 0.2) is 46.2 Å². The molecule has 1 amide bonds. The van der Waals surface area contributed by atoms with Gasteiger partial charge >= 0.3 is 6.29 Å². The Morgan fingerprint density at radius 2 is 1.86 bits per heavy atom. The number of carbonyl (C=O) groups is 1. The number of pyridine rings is 1. The molecular formula is C16H15F2N3O6S. The van der Waals surface area contributed by atoms with E-state index >= 15 is 0 Å². The number of benzene rings is 1. The van der Waals surface area contributed by atoms with E-state index in [1.165, 1.54) is 26.2 Å². The molecule has 0 unspecified atom stereocenters. The SMILES string of the molecule is CN(C)S(=O)(=O)c1ccc(=O)n(CC(=O)Nc2ccc3c(c2)OC(F)(F)O3)c1. The first-order valence-electron chi connectivity index (χ1n) is 7.81. The topological polar surface area (TPSA) is 107 Å². The van der Waals surface area contributed by atoms with Crippen LogP contribution in [0.4, 0.5) is 14.5 Å². The van der Waals surface area contributed by atoms with Gasteiger partial charge in [-0.05, 0) is 18.2 Å². The van der Waals surface area contributed by atoms with E-state index < -0.39 is 34.3 Å². The van der Waals surface area contributed by atoms with Crippen LogP contribution in [0.2, 0.25) is 0 Å². The predicted molar refractivity (Wildman–Crippen MR) is 92.8 cm³/mol. The molecule has 12 heteroatoms. The molecule has 0 spiro atoms. The molecule has 3 rings (SSSR count). The van der Waals surface area contributed by atoms with Crippen LogP contribution in [0.25, 0.3) is 0 Å². The maximum Gasteiger partial charge on any atom is 0.586 e. The highest BCUT2D eigenvalue weighted by molar-refractivity contribution is 7.89. The fourth-order valence-corrected chi connectivity index (χ4v) is 3.30. The van der Waals surface area contributed by atoms with E-state index in [1.807, 2.05) is 0 Å². The second-order valence-electron chi connectivity index (χ2n) is 6.00. The molecule has 1 aromatic carbocycles. The van der Waals surface area contributed by atoms with E-state index in [2.05, 4.69) is 14.8 Å². The summed E-state index contributed by atoms with van der Waals surface area (Å²) in [5.74, 6) is -1.10. The minimum atomic E-state index is -3.79. The lowest BCUT2D eigenvalue weighted by molar-refractivity contribution is -0.286. The molecule has 1 aliphatic heterocycles. The Labute approximate surface area is 158 Å². The van der Waals surface area contributed by atoms with E-state index in [-0.39, 0.29) is 22.1 Å². The number of hydrogen-bond donors (Lipinski definition) is 1. The van der Waals surface area contributed by atoms with E-state index in [4.69, 9.17) is 0 Å². The van der Waals surface area contributed by atoms with E-state index in [0.717, 1.165) is 33.3 Å². The molecule has 0 saturated heterocycles. The average molecular weight is 415 g/mol. The van der Waals surface area contributed by atoms with Crippen molar-refractivity contribution in [1.82, 2.24) is 8.87 Å². The third-order valence-corrected chi connectivity index (χ3v) is 5.53. The molecule has 0 saturated carbocycles. The number of aromatic nitrogens is 1. The number of fused-ring (bicyclic) bond motifs is 1. The summed E-state index contributed by atoms with van der Waals surface area (Å²) in [5, 5.41) is 2.42. The van der Waals surface area contributed by atoms with Gasteiger partial charge in [0.05, 0.1) is 4.90 Å². The summed E-state index contributed by atoms with van der Waals surface area (Å²) in [6, 6.07) is 5.83. The van der Waals surface area contributed by atoms with Gasteiger partial charge in [0.1, 0.15) is 6.54 Å². The lowest BCUT2D eigenvalue weighted by atomic mass is 10.3. The quantitative estimate of drug-likeness (QED) is 0.783. The summed E-state index contributed by atoms with van der Waals surface area (Å²) in [7, 11) is -1.12. The number of sulfonamides is 1. The van der Waals surface area contributed by atoms with Crippen molar-refractivity contribution in [3.63, 3.8) is 0 Å². The van der Waals surface area contributed by atoms with Gasteiger partial charge in [0.15, 0.2) is 11.5 Å². The van der Waals surface area contributed by atoms with Crippen LogP contribution in [0.1, 0.15) is 0 Å². The van der Waals surface area contributed by atoms with Gasteiger partial charge in [0, 0.05) is 38.1 Å². The van der Waals surface area contributed by atoms with Crippen LogP contribution in [0.3, 0.4) is 0 Å². The third-order valence-electron chi connectivity index (χ3n) is 3.73. The van der Waals surface area contributed by atoms with Crippen molar-refractivity contribution in [2.75, 3.05) is 19.4 Å². The number of hydrogen-bond acceptors (Lipinski definition) is 6. The normalized spacial score (nSPS) is 14.9. The first-order valence-corrected chi connectivity index (χ1v) is 9.25. The van der Waals surface area contributed by atoms with Gasteiger partial charge < -0.3 is 19.4 Å². The van der Waals surface area contributed by atoms with Gasteiger partial charge in [-0.1, -0.05) is 0 Å². The Morgan fingerprint density at radius 3 is 2.54 bits per heavy atom. The zero-order valence-electron chi connectivity index (χ0n) is 14.7. The van der Waals surface area contributed by atoms with Gasteiger partial charge in [0.25, 0.3) is 5.56 Å². The molecule has 150 valence electrons. The summed E-state index contributed by atoms with van der Waals surface area (Å²) in [6.45, 7) is -0.486. The summed E-state index contributed by atoms with van der Waals surface area (Å²) in [5.41, 5.74) is -0.451. The number of carbonyl (C=O) groups excluding carboxylic acids is 1. The molecule has 9 nitrogen and oxygen atoms in total. The first kappa shape index (κ1) is 19.8. The van der Waals surface area contributed by atoms with Gasteiger partial charge in [-0.2, -0.15) is 0 Å². The van der Waals surface area contributed by atoms with Gasteiger partial charge in [-0.15, -0.1) is 8.78 Å². The highest BCUT2D eigenvalue weighted by Gasteiger charge is 2.43. The fourth-order valence-electron chi connectivity index (χ4n) is 2.38. The summed E-state index contributed by atoms with van der Waals surface area (Å²) in [6.07, 6.45) is -2.73. The van der Waals surface area contributed by atoms with Crippen molar-refractivity contribution in [2.24, 2.45) is 0 Å². The zero-order valence-corrected chi connectivity index (χ0v) is 15.5. The molecule has 1 aliphatic rings. The fraction of sp³-hybridized carbons (Fsp3) is 0.250. The standard InChI is InChI=1S/C16H15F2N3O6S/c1-20(2)28(24,25)11-4-6-15(23)21(8-11)9-14(22)19-10-3-5-12-13(7-10)27-16(17,18)26-12/h3-8H,9H2,1-2H3,(H,19,22). The maximum absolute atomic E-state index is 13.0. The molecule has 1 N–H and O–H groups in total. The van der Waals surface area contributed by atoms with Crippen LogP contribution < -0.4 is 20.3 Å². The third kappa shape index (κ3) is 3.97. The Kier molecular flexibility index (Phi) is 4.85. The molecule has 0 aliphatic carbocycles. The van der Waals surface area contributed by atoms with Crippen molar-refractivity contribution < 1.29 is 31.5 Å². The first-order chi connectivity index (χ1) is 13.0. The van der Waals surface area contributed by atoms with Crippen LogP contribution >= 0.6 is 0 Å². The summed E-state index contributed by atoms with van der Waals surface area (Å²) in [4.78, 5) is 24.0. The number of alkyl halides is 2.